The molecule has 0 heterocycles. The van der Waals surface area contributed by atoms with Crippen molar-refractivity contribution in [2.75, 3.05) is 6.61 Å². The minimum absolute atomic E-state index is 0.131. The van der Waals surface area contributed by atoms with Gasteiger partial charge in [0.05, 0.1) is 13.0 Å². The van der Waals surface area contributed by atoms with E-state index in [1.54, 1.807) is 6.92 Å². The van der Waals surface area contributed by atoms with E-state index in [4.69, 9.17) is 9.84 Å². The summed E-state index contributed by atoms with van der Waals surface area (Å²) in [6.45, 7) is 1.96. The van der Waals surface area contributed by atoms with E-state index >= 15 is 0 Å². The van der Waals surface area contributed by atoms with Crippen molar-refractivity contribution in [3.63, 3.8) is 0 Å². The fourth-order valence-corrected chi connectivity index (χ4v) is 1.62. The molecule has 1 atom stereocenters. The standard InChI is InChI=1S/C13H17NO4/c1-2-18-13(17)14-11(9-12(15)16)8-10-6-4-3-5-7-10/h3-7,11H,2,8-9H2,1H3,(H,14,17)(H,15,16)/t11-/m0/s1. The topological polar surface area (TPSA) is 75.6 Å². The number of benzene rings is 1. The number of rotatable bonds is 6. The van der Waals surface area contributed by atoms with E-state index in [2.05, 4.69) is 5.32 Å². The third-order valence-corrected chi connectivity index (χ3v) is 2.34. The number of ether oxygens (including phenoxy) is 1. The highest BCUT2D eigenvalue weighted by atomic mass is 16.5. The van der Waals surface area contributed by atoms with Gasteiger partial charge in [-0.1, -0.05) is 30.3 Å². The zero-order valence-corrected chi connectivity index (χ0v) is 10.3. The second kappa shape index (κ2) is 7.32. The molecular weight excluding hydrogens is 234 g/mol. The van der Waals surface area contributed by atoms with E-state index in [-0.39, 0.29) is 13.0 Å². The molecule has 1 rings (SSSR count). The van der Waals surface area contributed by atoms with Crippen LogP contribution in [0, 0.1) is 0 Å². The average molecular weight is 251 g/mol. The van der Waals surface area contributed by atoms with Crippen molar-refractivity contribution in [3.8, 4) is 0 Å². The van der Waals surface area contributed by atoms with E-state index in [1.165, 1.54) is 0 Å². The number of hydrogen-bond acceptors (Lipinski definition) is 3. The number of carbonyl (C=O) groups is 2. The molecule has 0 saturated heterocycles. The Balaban J connectivity index is 2.60. The van der Waals surface area contributed by atoms with Gasteiger partial charge in [0, 0.05) is 6.04 Å². The van der Waals surface area contributed by atoms with Gasteiger partial charge in [-0.3, -0.25) is 4.79 Å². The molecule has 5 nitrogen and oxygen atoms in total. The number of nitrogens with one attached hydrogen (secondary N) is 1. The molecular formula is C13H17NO4. The van der Waals surface area contributed by atoms with Gasteiger partial charge in [-0.05, 0) is 18.9 Å². The smallest absolute Gasteiger partial charge is 0.407 e. The third kappa shape index (κ3) is 5.34. The number of hydrogen-bond donors (Lipinski definition) is 2. The number of alkyl carbamates (subject to hydrolysis) is 1. The normalized spacial score (nSPS) is 11.6. The first kappa shape index (κ1) is 14.0. The maximum Gasteiger partial charge on any atom is 0.407 e. The molecule has 18 heavy (non-hydrogen) atoms. The molecule has 0 aromatic heterocycles. The molecule has 0 bridgehead atoms. The number of aliphatic carboxylic acids is 1. The van der Waals surface area contributed by atoms with Gasteiger partial charge in [0.2, 0.25) is 0 Å². The Morgan fingerprint density at radius 1 is 1.33 bits per heavy atom. The van der Waals surface area contributed by atoms with Crippen molar-refractivity contribution < 1.29 is 19.4 Å². The van der Waals surface area contributed by atoms with Crippen LogP contribution in [0.1, 0.15) is 18.9 Å². The average Bonchev–Trinajstić information content (AvgIpc) is 2.29. The van der Waals surface area contributed by atoms with Gasteiger partial charge < -0.3 is 15.2 Å². The lowest BCUT2D eigenvalue weighted by atomic mass is 10.0. The van der Waals surface area contributed by atoms with Crippen LogP contribution >= 0.6 is 0 Å². The van der Waals surface area contributed by atoms with Crippen molar-refractivity contribution in [2.24, 2.45) is 0 Å². The first-order valence-electron chi connectivity index (χ1n) is 5.80. The van der Waals surface area contributed by atoms with E-state index in [0.717, 1.165) is 5.56 Å². The van der Waals surface area contributed by atoms with Crippen LogP contribution in [-0.4, -0.2) is 29.8 Å². The molecule has 0 saturated carbocycles. The van der Waals surface area contributed by atoms with Crippen LogP contribution in [0.25, 0.3) is 0 Å². The minimum atomic E-state index is -0.951. The minimum Gasteiger partial charge on any atom is -0.481 e. The Morgan fingerprint density at radius 2 is 2.00 bits per heavy atom. The quantitative estimate of drug-likeness (QED) is 0.808. The van der Waals surface area contributed by atoms with Gasteiger partial charge in [-0.15, -0.1) is 0 Å². The molecule has 0 unspecified atom stereocenters. The first-order valence-corrected chi connectivity index (χ1v) is 5.80. The summed E-state index contributed by atoms with van der Waals surface area (Å²) in [6.07, 6.45) is -0.251. The summed E-state index contributed by atoms with van der Waals surface area (Å²) in [4.78, 5) is 22.0. The number of amides is 1. The molecule has 0 aliphatic carbocycles. The molecule has 5 heteroatoms. The Labute approximate surface area is 106 Å². The zero-order chi connectivity index (χ0) is 13.4. The summed E-state index contributed by atoms with van der Waals surface area (Å²) in [5, 5.41) is 11.4. The highest BCUT2D eigenvalue weighted by Gasteiger charge is 2.16. The van der Waals surface area contributed by atoms with Crippen molar-refractivity contribution in [1.29, 1.82) is 0 Å². The molecule has 1 amide bonds. The highest BCUT2D eigenvalue weighted by molar-refractivity contribution is 5.71. The summed E-state index contributed by atoms with van der Waals surface area (Å²) in [5.41, 5.74) is 0.973. The van der Waals surface area contributed by atoms with Gasteiger partial charge >= 0.3 is 12.1 Å². The Hall–Kier alpha value is -2.04. The largest absolute Gasteiger partial charge is 0.481 e. The second-order valence-electron chi connectivity index (χ2n) is 3.85. The van der Waals surface area contributed by atoms with Gasteiger partial charge in [0.25, 0.3) is 0 Å². The summed E-state index contributed by atoms with van der Waals surface area (Å²) >= 11 is 0. The van der Waals surface area contributed by atoms with E-state index in [0.29, 0.717) is 6.42 Å². The van der Waals surface area contributed by atoms with Crippen LogP contribution in [0.2, 0.25) is 0 Å². The van der Waals surface area contributed by atoms with E-state index in [9.17, 15) is 9.59 Å². The predicted molar refractivity (Wildman–Crippen MR) is 66.3 cm³/mol. The van der Waals surface area contributed by atoms with Crippen molar-refractivity contribution in [1.82, 2.24) is 5.32 Å². The van der Waals surface area contributed by atoms with Crippen LogP contribution in [0.5, 0.6) is 0 Å². The second-order valence-corrected chi connectivity index (χ2v) is 3.85. The summed E-state index contributed by atoms with van der Waals surface area (Å²) in [6, 6.07) is 8.94. The van der Waals surface area contributed by atoms with Crippen molar-refractivity contribution in [2.45, 2.75) is 25.8 Å². The monoisotopic (exact) mass is 251 g/mol. The van der Waals surface area contributed by atoms with Crippen LogP contribution < -0.4 is 5.32 Å². The van der Waals surface area contributed by atoms with E-state index in [1.807, 2.05) is 30.3 Å². The zero-order valence-electron chi connectivity index (χ0n) is 10.3. The lowest BCUT2D eigenvalue weighted by Gasteiger charge is -2.16. The fourth-order valence-electron chi connectivity index (χ4n) is 1.62. The SMILES string of the molecule is CCOC(=O)N[C@H](CC(=O)O)Cc1ccccc1. The molecule has 0 radical (unpaired) electrons. The highest BCUT2D eigenvalue weighted by Crippen LogP contribution is 2.06. The fraction of sp³-hybridized carbons (Fsp3) is 0.385. The summed E-state index contributed by atoms with van der Waals surface area (Å²) < 4.78 is 4.75. The number of carboxylic acids is 1. The van der Waals surface area contributed by atoms with E-state index < -0.39 is 18.1 Å². The van der Waals surface area contributed by atoms with Crippen molar-refractivity contribution in [3.05, 3.63) is 35.9 Å². The molecule has 1 aromatic rings. The molecule has 0 aliphatic rings. The molecule has 2 N–H and O–H groups in total. The van der Waals surface area contributed by atoms with Crippen molar-refractivity contribution >= 4 is 12.1 Å². The van der Waals surface area contributed by atoms with Crippen LogP contribution in [0.3, 0.4) is 0 Å². The third-order valence-electron chi connectivity index (χ3n) is 2.34. The van der Waals surface area contributed by atoms with Gasteiger partial charge in [0.1, 0.15) is 0 Å². The molecule has 0 spiro atoms. The predicted octanol–water partition coefficient (Wildman–Crippen LogP) is 1.82. The lowest BCUT2D eigenvalue weighted by Crippen LogP contribution is -2.38. The summed E-state index contributed by atoms with van der Waals surface area (Å²) in [5.74, 6) is -0.951. The molecule has 1 aromatic carbocycles. The molecule has 98 valence electrons. The van der Waals surface area contributed by atoms with Crippen LogP contribution in [0.15, 0.2) is 30.3 Å². The Kier molecular flexibility index (Phi) is 5.70. The lowest BCUT2D eigenvalue weighted by molar-refractivity contribution is -0.137. The molecule has 0 aliphatic heterocycles. The van der Waals surface area contributed by atoms with Gasteiger partial charge in [-0.2, -0.15) is 0 Å². The summed E-state index contributed by atoms with van der Waals surface area (Å²) in [7, 11) is 0. The van der Waals surface area contributed by atoms with Gasteiger partial charge in [-0.25, -0.2) is 4.79 Å². The Bertz CT molecular complexity index is 391. The number of carbonyl (C=O) groups excluding carboxylic acids is 1. The Morgan fingerprint density at radius 3 is 2.56 bits per heavy atom. The van der Waals surface area contributed by atoms with Gasteiger partial charge in [0.15, 0.2) is 0 Å². The number of carboxylic acid groups (broad SMARTS) is 1. The van der Waals surface area contributed by atoms with Crippen LogP contribution in [0.4, 0.5) is 4.79 Å². The molecule has 0 fully saturated rings. The maximum absolute atomic E-state index is 11.3. The maximum atomic E-state index is 11.3. The van der Waals surface area contributed by atoms with Crippen LogP contribution in [-0.2, 0) is 16.0 Å². The first-order chi connectivity index (χ1) is 8.61.